The minimum atomic E-state index is -0.429. The number of carbonyl (C=O) groups is 1. The number of fused-ring (bicyclic) bond motifs is 1. The lowest BCUT2D eigenvalue weighted by Crippen LogP contribution is -2.26. The molecular weight excluding hydrogens is 358 g/mol. The number of thioether (sulfide) groups is 1. The Hall–Kier alpha value is -2.60. The van der Waals surface area contributed by atoms with Crippen molar-refractivity contribution in [3.8, 4) is 0 Å². The van der Waals surface area contributed by atoms with Crippen LogP contribution in [0.1, 0.15) is 41.6 Å². The second kappa shape index (κ2) is 7.56. The van der Waals surface area contributed by atoms with Crippen molar-refractivity contribution in [1.29, 1.82) is 0 Å². The summed E-state index contributed by atoms with van der Waals surface area (Å²) in [7, 11) is 0. The number of nitrogens with one attached hydrogen (secondary N) is 1. The standard InChI is InChI=1S/C21H21N3O2S/c1-14-10-11-24-19(12-14)22-13-16(21(24)26)20(25)23-17-8-4-5-9-18(17)27-15-6-2-3-7-15/h4-5,8-13,15H,2-3,6-7H2,1H3,(H,23,25). The summed E-state index contributed by atoms with van der Waals surface area (Å²) in [6.07, 6.45) is 7.97. The quantitative estimate of drug-likeness (QED) is 0.734. The summed E-state index contributed by atoms with van der Waals surface area (Å²) >= 11 is 1.81. The average Bonchev–Trinajstić information content (AvgIpc) is 3.16. The van der Waals surface area contributed by atoms with Gasteiger partial charge in [0.1, 0.15) is 11.2 Å². The van der Waals surface area contributed by atoms with Crippen LogP contribution < -0.4 is 10.9 Å². The van der Waals surface area contributed by atoms with E-state index in [1.54, 1.807) is 6.20 Å². The van der Waals surface area contributed by atoms with E-state index in [4.69, 9.17) is 0 Å². The summed E-state index contributed by atoms with van der Waals surface area (Å²) in [5.74, 6) is -0.429. The van der Waals surface area contributed by atoms with Crippen LogP contribution in [0, 0.1) is 6.92 Å². The zero-order valence-corrected chi connectivity index (χ0v) is 16.0. The molecular formula is C21H21N3O2S. The predicted molar refractivity (Wildman–Crippen MR) is 109 cm³/mol. The highest BCUT2D eigenvalue weighted by molar-refractivity contribution is 8.00. The Kier molecular flexibility index (Phi) is 4.99. The van der Waals surface area contributed by atoms with Crippen molar-refractivity contribution in [2.24, 2.45) is 0 Å². The molecule has 1 amide bonds. The van der Waals surface area contributed by atoms with Crippen LogP contribution in [0.15, 0.2) is 58.5 Å². The topological polar surface area (TPSA) is 63.5 Å². The number of pyridine rings is 1. The minimum absolute atomic E-state index is 0.0389. The number of rotatable bonds is 4. The van der Waals surface area contributed by atoms with Gasteiger partial charge in [-0.3, -0.25) is 14.0 Å². The van der Waals surface area contributed by atoms with E-state index in [-0.39, 0.29) is 11.1 Å². The molecule has 1 aromatic carbocycles. The van der Waals surface area contributed by atoms with Crippen molar-refractivity contribution < 1.29 is 4.79 Å². The molecule has 5 nitrogen and oxygen atoms in total. The van der Waals surface area contributed by atoms with Gasteiger partial charge in [0, 0.05) is 22.5 Å². The molecule has 138 valence electrons. The zero-order valence-electron chi connectivity index (χ0n) is 15.1. The molecule has 1 fully saturated rings. The van der Waals surface area contributed by atoms with Gasteiger partial charge in [-0.25, -0.2) is 4.98 Å². The largest absolute Gasteiger partial charge is 0.321 e. The molecule has 0 atom stereocenters. The predicted octanol–water partition coefficient (Wildman–Crippen LogP) is 4.29. The maximum absolute atomic E-state index is 12.8. The molecule has 0 saturated heterocycles. The monoisotopic (exact) mass is 379 g/mol. The summed E-state index contributed by atoms with van der Waals surface area (Å²) in [5.41, 5.74) is 1.97. The number of benzene rings is 1. The SMILES string of the molecule is Cc1ccn2c(=O)c(C(=O)Nc3ccccc3SC3CCCC3)cnc2c1. The molecule has 0 radical (unpaired) electrons. The highest BCUT2D eigenvalue weighted by Crippen LogP contribution is 2.38. The Bertz CT molecular complexity index is 1050. The lowest BCUT2D eigenvalue weighted by Gasteiger charge is -2.14. The van der Waals surface area contributed by atoms with E-state index in [1.165, 1.54) is 36.3 Å². The van der Waals surface area contributed by atoms with Crippen LogP contribution in [0.5, 0.6) is 0 Å². The second-order valence-corrected chi connectivity index (χ2v) is 8.23. The van der Waals surface area contributed by atoms with E-state index < -0.39 is 5.91 Å². The smallest absolute Gasteiger partial charge is 0.270 e. The van der Waals surface area contributed by atoms with E-state index in [2.05, 4.69) is 10.3 Å². The van der Waals surface area contributed by atoms with Crippen LogP contribution >= 0.6 is 11.8 Å². The second-order valence-electron chi connectivity index (χ2n) is 6.88. The number of aryl methyl sites for hydroxylation is 1. The highest BCUT2D eigenvalue weighted by atomic mass is 32.2. The number of hydrogen-bond acceptors (Lipinski definition) is 4. The number of amides is 1. The Morgan fingerprint density at radius 2 is 2.00 bits per heavy atom. The van der Waals surface area contributed by atoms with Gasteiger partial charge in [-0.2, -0.15) is 0 Å². The third kappa shape index (κ3) is 3.76. The average molecular weight is 379 g/mol. The Morgan fingerprint density at radius 3 is 2.81 bits per heavy atom. The number of hydrogen-bond donors (Lipinski definition) is 1. The fourth-order valence-electron chi connectivity index (χ4n) is 3.38. The number of para-hydroxylation sites is 1. The van der Waals surface area contributed by atoms with E-state index >= 15 is 0 Å². The van der Waals surface area contributed by atoms with E-state index in [1.807, 2.05) is 55.1 Å². The lowest BCUT2D eigenvalue weighted by molar-refractivity contribution is 0.102. The van der Waals surface area contributed by atoms with Crippen LogP contribution in [0.3, 0.4) is 0 Å². The van der Waals surface area contributed by atoms with Crippen molar-refractivity contribution in [1.82, 2.24) is 9.38 Å². The van der Waals surface area contributed by atoms with E-state index in [0.29, 0.717) is 10.9 Å². The molecule has 0 bridgehead atoms. The molecule has 27 heavy (non-hydrogen) atoms. The lowest BCUT2D eigenvalue weighted by atomic mass is 10.2. The van der Waals surface area contributed by atoms with Crippen molar-refractivity contribution in [3.63, 3.8) is 0 Å². The summed E-state index contributed by atoms with van der Waals surface area (Å²) in [5, 5.41) is 3.50. The molecule has 1 aliphatic rings. The fraction of sp³-hybridized carbons (Fsp3) is 0.286. The first kappa shape index (κ1) is 17.8. The van der Waals surface area contributed by atoms with Gasteiger partial charge in [-0.15, -0.1) is 11.8 Å². The van der Waals surface area contributed by atoms with Crippen molar-refractivity contribution >= 4 is 29.0 Å². The van der Waals surface area contributed by atoms with Gasteiger partial charge in [0.25, 0.3) is 11.5 Å². The van der Waals surface area contributed by atoms with Crippen LogP contribution in [0.25, 0.3) is 5.65 Å². The van der Waals surface area contributed by atoms with E-state index in [9.17, 15) is 9.59 Å². The first-order valence-electron chi connectivity index (χ1n) is 9.17. The number of nitrogens with zero attached hydrogens (tertiary/aromatic N) is 2. The summed E-state index contributed by atoms with van der Waals surface area (Å²) < 4.78 is 1.40. The molecule has 1 aliphatic carbocycles. The van der Waals surface area contributed by atoms with Crippen LogP contribution in [0.2, 0.25) is 0 Å². The Labute approximate surface area is 161 Å². The van der Waals surface area contributed by atoms with Crippen molar-refractivity contribution in [2.45, 2.75) is 42.8 Å². The molecule has 0 aliphatic heterocycles. The minimum Gasteiger partial charge on any atom is -0.321 e. The van der Waals surface area contributed by atoms with Gasteiger partial charge < -0.3 is 5.32 Å². The van der Waals surface area contributed by atoms with Gasteiger partial charge >= 0.3 is 0 Å². The first-order chi connectivity index (χ1) is 13.1. The number of anilines is 1. The van der Waals surface area contributed by atoms with Gasteiger partial charge in [0.05, 0.1) is 5.69 Å². The third-order valence-electron chi connectivity index (χ3n) is 4.84. The maximum Gasteiger partial charge on any atom is 0.270 e. The molecule has 2 aromatic heterocycles. The van der Waals surface area contributed by atoms with Crippen LogP contribution in [-0.4, -0.2) is 20.5 Å². The molecule has 0 spiro atoms. The number of aromatic nitrogens is 2. The summed E-state index contributed by atoms with van der Waals surface area (Å²) in [6, 6.07) is 11.4. The molecule has 1 saturated carbocycles. The van der Waals surface area contributed by atoms with Crippen molar-refractivity contribution in [2.75, 3.05) is 5.32 Å². The van der Waals surface area contributed by atoms with E-state index in [0.717, 1.165) is 16.1 Å². The Morgan fingerprint density at radius 1 is 1.22 bits per heavy atom. The van der Waals surface area contributed by atoms with Crippen LogP contribution in [0.4, 0.5) is 5.69 Å². The van der Waals surface area contributed by atoms with Crippen LogP contribution in [-0.2, 0) is 0 Å². The van der Waals surface area contributed by atoms with Gasteiger partial charge in [0.15, 0.2) is 0 Å². The van der Waals surface area contributed by atoms with Gasteiger partial charge in [-0.05, 0) is 49.6 Å². The summed E-state index contributed by atoms with van der Waals surface area (Å²) in [6.45, 7) is 1.94. The normalized spacial score (nSPS) is 14.6. The number of carbonyl (C=O) groups excluding carboxylic acids is 1. The summed E-state index contributed by atoms with van der Waals surface area (Å²) in [4.78, 5) is 30.8. The third-order valence-corrected chi connectivity index (χ3v) is 6.26. The highest BCUT2D eigenvalue weighted by Gasteiger charge is 2.19. The fourth-order valence-corrected chi connectivity index (χ4v) is 4.71. The molecule has 4 rings (SSSR count). The van der Waals surface area contributed by atoms with Gasteiger partial charge in [-0.1, -0.05) is 25.0 Å². The molecule has 2 heterocycles. The zero-order chi connectivity index (χ0) is 18.8. The molecule has 3 aromatic rings. The maximum atomic E-state index is 12.8. The first-order valence-corrected chi connectivity index (χ1v) is 10.0. The van der Waals surface area contributed by atoms with Gasteiger partial charge in [0.2, 0.25) is 0 Å². The molecule has 0 unspecified atom stereocenters. The molecule has 6 heteroatoms. The molecule has 1 N–H and O–H groups in total. The Balaban J connectivity index is 1.61. The van der Waals surface area contributed by atoms with Crippen molar-refractivity contribution in [3.05, 3.63) is 70.3 Å².